The number of rotatable bonds is 6. The Hall–Kier alpha value is -3.53. The molecule has 0 aromatic heterocycles. The Balaban J connectivity index is 1.97. The van der Waals surface area contributed by atoms with E-state index in [0.29, 0.717) is 17.0 Å². The third kappa shape index (κ3) is 4.11. The molecule has 0 saturated carbocycles. The number of hydrogen-bond donors (Lipinski definition) is 0. The Bertz CT molecular complexity index is 933. The van der Waals surface area contributed by atoms with Gasteiger partial charge >= 0.3 is 0 Å². The summed E-state index contributed by atoms with van der Waals surface area (Å²) in [5, 5.41) is 8.36. The van der Waals surface area contributed by atoms with Crippen LogP contribution in [0, 0.1) is 0 Å². The van der Waals surface area contributed by atoms with E-state index in [1.807, 2.05) is 72.8 Å². The SMILES string of the molecule is COc1ccccc1C=NN=C(C(=O)c1ccccc1)c1ccccc1. The molecule has 0 heterocycles. The van der Waals surface area contributed by atoms with E-state index < -0.39 is 0 Å². The summed E-state index contributed by atoms with van der Waals surface area (Å²) >= 11 is 0. The largest absolute Gasteiger partial charge is 0.496 e. The van der Waals surface area contributed by atoms with Gasteiger partial charge in [0, 0.05) is 16.7 Å². The summed E-state index contributed by atoms with van der Waals surface area (Å²) in [6.07, 6.45) is 1.58. The van der Waals surface area contributed by atoms with Gasteiger partial charge in [0.25, 0.3) is 0 Å². The van der Waals surface area contributed by atoms with E-state index in [9.17, 15) is 4.79 Å². The summed E-state index contributed by atoms with van der Waals surface area (Å²) in [7, 11) is 1.60. The number of benzene rings is 3. The average Bonchev–Trinajstić information content (AvgIpc) is 2.72. The molecule has 0 amide bonds. The molecule has 0 unspecified atom stereocenters. The van der Waals surface area contributed by atoms with Crippen molar-refractivity contribution < 1.29 is 9.53 Å². The Kier molecular flexibility index (Phi) is 5.68. The van der Waals surface area contributed by atoms with Crippen LogP contribution in [0.3, 0.4) is 0 Å². The van der Waals surface area contributed by atoms with Crippen molar-refractivity contribution in [3.8, 4) is 5.75 Å². The number of para-hydroxylation sites is 1. The molecule has 4 nitrogen and oxygen atoms in total. The first-order valence-corrected chi connectivity index (χ1v) is 8.19. The van der Waals surface area contributed by atoms with Crippen molar-refractivity contribution in [2.24, 2.45) is 10.2 Å². The van der Waals surface area contributed by atoms with Crippen LogP contribution in [0.5, 0.6) is 5.75 Å². The molecule has 0 saturated heterocycles. The van der Waals surface area contributed by atoms with Gasteiger partial charge in [0.2, 0.25) is 5.78 Å². The van der Waals surface area contributed by atoms with Crippen LogP contribution in [0.2, 0.25) is 0 Å². The number of nitrogens with zero attached hydrogens (tertiary/aromatic N) is 2. The maximum absolute atomic E-state index is 12.9. The topological polar surface area (TPSA) is 51.0 Å². The van der Waals surface area contributed by atoms with Gasteiger partial charge in [-0.1, -0.05) is 72.8 Å². The van der Waals surface area contributed by atoms with Crippen LogP contribution < -0.4 is 4.74 Å². The monoisotopic (exact) mass is 342 g/mol. The van der Waals surface area contributed by atoms with Gasteiger partial charge in [-0.15, -0.1) is 5.10 Å². The lowest BCUT2D eigenvalue weighted by Gasteiger charge is -2.05. The average molecular weight is 342 g/mol. The van der Waals surface area contributed by atoms with Crippen molar-refractivity contribution >= 4 is 17.7 Å². The summed E-state index contributed by atoms with van der Waals surface area (Å²) in [5.74, 6) is 0.524. The maximum atomic E-state index is 12.9. The first-order chi connectivity index (χ1) is 12.8. The van der Waals surface area contributed by atoms with Crippen LogP contribution in [0.25, 0.3) is 0 Å². The number of hydrogen-bond acceptors (Lipinski definition) is 4. The molecule has 0 fully saturated rings. The third-order valence-electron chi connectivity index (χ3n) is 3.79. The van der Waals surface area contributed by atoms with E-state index in [1.54, 1.807) is 25.5 Å². The second-order valence-electron chi connectivity index (χ2n) is 5.50. The van der Waals surface area contributed by atoms with Gasteiger partial charge in [0.05, 0.1) is 13.3 Å². The fourth-order valence-electron chi connectivity index (χ4n) is 2.48. The summed E-state index contributed by atoms with van der Waals surface area (Å²) in [5.41, 5.74) is 2.38. The molecule has 26 heavy (non-hydrogen) atoms. The highest BCUT2D eigenvalue weighted by Crippen LogP contribution is 2.15. The molecule has 3 rings (SSSR count). The van der Waals surface area contributed by atoms with Crippen LogP contribution in [0.1, 0.15) is 21.5 Å². The number of methoxy groups -OCH3 is 1. The first-order valence-electron chi connectivity index (χ1n) is 8.19. The van der Waals surface area contributed by atoms with Gasteiger partial charge in [0.15, 0.2) is 0 Å². The summed E-state index contributed by atoms with van der Waals surface area (Å²) in [4.78, 5) is 12.9. The van der Waals surface area contributed by atoms with Crippen molar-refractivity contribution in [1.29, 1.82) is 0 Å². The molecule has 0 atom stereocenters. The zero-order valence-corrected chi connectivity index (χ0v) is 14.4. The fourth-order valence-corrected chi connectivity index (χ4v) is 2.48. The minimum absolute atomic E-state index is 0.172. The molecule has 0 aliphatic heterocycles. The van der Waals surface area contributed by atoms with Crippen molar-refractivity contribution in [3.05, 3.63) is 102 Å². The van der Waals surface area contributed by atoms with E-state index in [0.717, 1.165) is 11.1 Å². The zero-order chi connectivity index (χ0) is 18.2. The summed E-state index contributed by atoms with van der Waals surface area (Å²) in [6.45, 7) is 0. The number of ether oxygens (including phenoxy) is 1. The molecule has 0 aliphatic carbocycles. The Morgan fingerprint density at radius 3 is 2.04 bits per heavy atom. The smallest absolute Gasteiger partial charge is 0.213 e. The summed E-state index contributed by atoms with van der Waals surface area (Å²) < 4.78 is 5.30. The minimum Gasteiger partial charge on any atom is -0.496 e. The minimum atomic E-state index is -0.172. The van der Waals surface area contributed by atoms with E-state index in [4.69, 9.17) is 4.74 Å². The van der Waals surface area contributed by atoms with Gasteiger partial charge < -0.3 is 4.74 Å². The number of Topliss-reactive ketones (excluding diaryl/α,β-unsaturated/α-hetero) is 1. The highest BCUT2D eigenvalue weighted by molar-refractivity contribution is 6.51. The van der Waals surface area contributed by atoms with Crippen molar-refractivity contribution in [2.75, 3.05) is 7.11 Å². The van der Waals surface area contributed by atoms with E-state index in [2.05, 4.69) is 10.2 Å². The van der Waals surface area contributed by atoms with Crippen molar-refractivity contribution in [3.63, 3.8) is 0 Å². The first kappa shape index (κ1) is 17.3. The van der Waals surface area contributed by atoms with Gasteiger partial charge in [-0.25, -0.2) is 0 Å². The lowest BCUT2D eigenvalue weighted by atomic mass is 10.0. The predicted octanol–water partition coefficient (Wildman–Crippen LogP) is 4.40. The molecule has 0 aliphatic rings. The molecule has 3 aromatic carbocycles. The molecule has 0 radical (unpaired) electrons. The molecule has 3 aromatic rings. The van der Waals surface area contributed by atoms with Crippen LogP contribution in [-0.4, -0.2) is 24.8 Å². The summed E-state index contributed by atoms with van der Waals surface area (Å²) in [6, 6.07) is 25.9. The predicted molar refractivity (Wildman–Crippen MR) is 104 cm³/mol. The van der Waals surface area contributed by atoms with Crippen molar-refractivity contribution in [2.45, 2.75) is 0 Å². The molecule has 0 spiro atoms. The van der Waals surface area contributed by atoms with Crippen molar-refractivity contribution in [1.82, 2.24) is 0 Å². The quantitative estimate of drug-likeness (QED) is 0.379. The van der Waals surface area contributed by atoms with Crippen LogP contribution in [-0.2, 0) is 0 Å². The Morgan fingerprint density at radius 1 is 0.808 bits per heavy atom. The molecule has 0 N–H and O–H groups in total. The highest BCUT2D eigenvalue weighted by Gasteiger charge is 2.16. The van der Waals surface area contributed by atoms with E-state index in [-0.39, 0.29) is 5.78 Å². The Morgan fingerprint density at radius 2 is 1.38 bits per heavy atom. The number of carbonyl (C=O) groups excluding carboxylic acids is 1. The maximum Gasteiger partial charge on any atom is 0.213 e. The van der Waals surface area contributed by atoms with Gasteiger partial charge in [-0.3, -0.25) is 4.79 Å². The van der Waals surface area contributed by atoms with Gasteiger partial charge in [-0.2, -0.15) is 5.10 Å². The molecule has 4 heteroatoms. The normalized spacial score (nSPS) is 11.5. The lowest BCUT2D eigenvalue weighted by Crippen LogP contribution is -2.15. The molecular weight excluding hydrogens is 324 g/mol. The molecule has 0 bridgehead atoms. The van der Waals surface area contributed by atoms with Gasteiger partial charge in [0.1, 0.15) is 11.5 Å². The highest BCUT2D eigenvalue weighted by atomic mass is 16.5. The van der Waals surface area contributed by atoms with Crippen LogP contribution in [0.4, 0.5) is 0 Å². The zero-order valence-electron chi connectivity index (χ0n) is 14.4. The molecular formula is C22H18N2O2. The second-order valence-corrected chi connectivity index (χ2v) is 5.50. The number of carbonyl (C=O) groups is 1. The van der Waals surface area contributed by atoms with E-state index in [1.165, 1.54) is 0 Å². The Labute approximate surface area is 152 Å². The van der Waals surface area contributed by atoms with E-state index >= 15 is 0 Å². The van der Waals surface area contributed by atoms with Crippen LogP contribution >= 0.6 is 0 Å². The lowest BCUT2D eigenvalue weighted by molar-refractivity contribution is 0.106. The standard InChI is InChI=1S/C22H18N2O2/c1-26-20-15-9-8-14-19(20)16-23-24-21(17-10-4-2-5-11-17)22(25)18-12-6-3-7-13-18/h2-16H,1H3. The third-order valence-corrected chi connectivity index (χ3v) is 3.79. The number of ketones is 1. The van der Waals surface area contributed by atoms with Crippen LogP contribution in [0.15, 0.2) is 95.1 Å². The second kappa shape index (κ2) is 8.53. The molecule has 128 valence electrons. The van der Waals surface area contributed by atoms with Gasteiger partial charge in [-0.05, 0) is 12.1 Å². The fraction of sp³-hybridized carbons (Fsp3) is 0.0455.